The van der Waals surface area contributed by atoms with Gasteiger partial charge in [0.1, 0.15) is 0 Å². The molecule has 0 aliphatic heterocycles. The van der Waals surface area contributed by atoms with E-state index in [1.807, 2.05) is 24.3 Å². The highest BCUT2D eigenvalue weighted by Gasteiger charge is 2.02. The first-order valence-corrected chi connectivity index (χ1v) is 6.79. The van der Waals surface area contributed by atoms with Crippen LogP contribution in [0.25, 0.3) is 0 Å². The maximum atomic E-state index is 11.0. The third-order valence-electron chi connectivity index (χ3n) is 2.67. The van der Waals surface area contributed by atoms with Crippen LogP contribution in [0.5, 0.6) is 0 Å². The monoisotopic (exact) mass is 425 g/mol. The fourth-order valence-electron chi connectivity index (χ4n) is 1.62. The fourth-order valence-corrected chi connectivity index (χ4v) is 1.84. The van der Waals surface area contributed by atoms with Crippen LogP contribution in [0.15, 0.2) is 29.3 Å². The highest BCUT2D eigenvalue weighted by molar-refractivity contribution is 14.0. The fraction of sp³-hybridized carbons (Fsp3) is 0.429. The van der Waals surface area contributed by atoms with Gasteiger partial charge in [-0.1, -0.05) is 23.7 Å². The number of guanidine groups is 1. The van der Waals surface area contributed by atoms with Gasteiger partial charge in [0.05, 0.1) is 13.5 Å². The summed E-state index contributed by atoms with van der Waals surface area (Å²) in [6.45, 7) is 1.22. The molecular formula is C14H21ClIN3O2. The average Bonchev–Trinajstić information content (AvgIpc) is 2.45. The Hall–Kier alpha value is -1.02. The molecule has 118 valence electrons. The number of hydrogen-bond acceptors (Lipinski definition) is 3. The van der Waals surface area contributed by atoms with Crippen molar-refractivity contribution in [3.8, 4) is 0 Å². The van der Waals surface area contributed by atoms with Gasteiger partial charge in [-0.3, -0.25) is 9.79 Å². The molecule has 0 saturated carbocycles. The van der Waals surface area contributed by atoms with Crippen LogP contribution in [0, 0.1) is 0 Å². The first kappa shape index (κ1) is 20.0. The largest absolute Gasteiger partial charge is 0.469 e. The molecule has 0 fully saturated rings. The lowest BCUT2D eigenvalue weighted by Crippen LogP contribution is -2.39. The predicted molar refractivity (Wildman–Crippen MR) is 96.6 cm³/mol. The molecule has 21 heavy (non-hydrogen) atoms. The topological polar surface area (TPSA) is 62.7 Å². The summed E-state index contributed by atoms with van der Waals surface area (Å²) in [5.41, 5.74) is 1.16. The van der Waals surface area contributed by atoms with Crippen LogP contribution in [0.3, 0.4) is 0 Å². The Bertz CT molecular complexity index is 469. The highest BCUT2D eigenvalue weighted by atomic mass is 127. The van der Waals surface area contributed by atoms with Gasteiger partial charge >= 0.3 is 5.97 Å². The van der Waals surface area contributed by atoms with E-state index in [2.05, 4.69) is 20.4 Å². The van der Waals surface area contributed by atoms with Crippen molar-refractivity contribution in [2.75, 3.05) is 27.2 Å². The van der Waals surface area contributed by atoms with Crippen molar-refractivity contribution < 1.29 is 9.53 Å². The van der Waals surface area contributed by atoms with Gasteiger partial charge in [0.25, 0.3) is 0 Å². The van der Waals surface area contributed by atoms with Crippen LogP contribution in [-0.4, -0.2) is 39.2 Å². The second-order valence-electron chi connectivity index (χ2n) is 4.13. The lowest BCUT2D eigenvalue weighted by molar-refractivity contribution is -0.140. The van der Waals surface area contributed by atoms with E-state index in [0.717, 1.165) is 23.6 Å². The summed E-state index contributed by atoms with van der Waals surface area (Å²) in [7, 11) is 3.06. The Morgan fingerprint density at radius 3 is 2.67 bits per heavy atom. The Morgan fingerprint density at radius 2 is 2.05 bits per heavy atom. The molecule has 0 bridgehead atoms. The summed E-state index contributed by atoms with van der Waals surface area (Å²) in [6, 6.07) is 7.75. The lowest BCUT2D eigenvalue weighted by Gasteiger charge is -2.11. The average molecular weight is 426 g/mol. The Labute approximate surface area is 147 Å². The molecule has 1 rings (SSSR count). The Balaban J connectivity index is 0.00000400. The van der Waals surface area contributed by atoms with Gasteiger partial charge in [-0.25, -0.2) is 0 Å². The zero-order valence-electron chi connectivity index (χ0n) is 12.2. The number of hydrogen-bond donors (Lipinski definition) is 2. The Morgan fingerprint density at radius 1 is 1.33 bits per heavy atom. The standard InChI is InChI=1S/C14H20ClN3O2.HI/c1-16-14(18-9-7-13(19)20-2)17-8-6-11-4-3-5-12(15)10-11;/h3-5,10H,6-9H2,1-2H3,(H2,16,17,18);1H. The number of halogens is 2. The van der Waals surface area contributed by atoms with E-state index in [9.17, 15) is 4.79 Å². The van der Waals surface area contributed by atoms with Crippen molar-refractivity contribution in [1.29, 1.82) is 0 Å². The minimum atomic E-state index is -0.244. The van der Waals surface area contributed by atoms with E-state index in [1.165, 1.54) is 7.11 Å². The number of nitrogens with zero attached hydrogens (tertiary/aromatic N) is 1. The summed E-state index contributed by atoms with van der Waals surface area (Å²) in [4.78, 5) is 15.1. The van der Waals surface area contributed by atoms with Gasteiger partial charge in [0.15, 0.2) is 5.96 Å². The number of methoxy groups -OCH3 is 1. The minimum absolute atomic E-state index is 0. The molecule has 0 heterocycles. The van der Waals surface area contributed by atoms with Gasteiger partial charge in [0, 0.05) is 25.2 Å². The molecule has 0 spiro atoms. The van der Waals surface area contributed by atoms with Crippen molar-refractivity contribution >= 4 is 47.5 Å². The molecule has 0 aliphatic rings. The van der Waals surface area contributed by atoms with E-state index in [1.54, 1.807) is 7.05 Å². The molecule has 0 saturated heterocycles. The number of carbonyl (C=O) groups excluding carboxylic acids is 1. The van der Waals surface area contributed by atoms with Gasteiger partial charge in [0.2, 0.25) is 0 Å². The molecule has 0 unspecified atom stereocenters. The molecule has 1 aromatic carbocycles. The van der Waals surface area contributed by atoms with Gasteiger partial charge in [-0.05, 0) is 24.1 Å². The number of ether oxygens (including phenoxy) is 1. The number of rotatable bonds is 6. The molecule has 1 aromatic rings. The quantitative estimate of drug-likeness (QED) is 0.318. The molecule has 5 nitrogen and oxygen atoms in total. The SMILES string of the molecule is CN=C(NCCC(=O)OC)NCCc1cccc(Cl)c1.I. The summed E-state index contributed by atoms with van der Waals surface area (Å²) >= 11 is 5.93. The molecule has 0 radical (unpaired) electrons. The van der Waals surface area contributed by atoms with Crippen LogP contribution in [0.4, 0.5) is 0 Å². The zero-order valence-corrected chi connectivity index (χ0v) is 15.3. The van der Waals surface area contributed by atoms with E-state index >= 15 is 0 Å². The molecular weight excluding hydrogens is 405 g/mol. The third kappa shape index (κ3) is 8.77. The van der Waals surface area contributed by atoms with Crippen molar-refractivity contribution in [3.05, 3.63) is 34.9 Å². The minimum Gasteiger partial charge on any atom is -0.469 e. The highest BCUT2D eigenvalue weighted by Crippen LogP contribution is 2.10. The van der Waals surface area contributed by atoms with Crippen molar-refractivity contribution in [3.63, 3.8) is 0 Å². The summed E-state index contributed by atoms with van der Waals surface area (Å²) in [5.74, 6) is 0.419. The molecule has 0 amide bonds. The van der Waals surface area contributed by atoms with E-state index in [4.69, 9.17) is 11.6 Å². The van der Waals surface area contributed by atoms with Crippen molar-refractivity contribution in [1.82, 2.24) is 10.6 Å². The van der Waals surface area contributed by atoms with Crippen molar-refractivity contribution in [2.24, 2.45) is 4.99 Å². The number of benzene rings is 1. The first-order chi connectivity index (χ1) is 9.65. The molecule has 2 N–H and O–H groups in total. The maximum absolute atomic E-state index is 11.0. The van der Waals surface area contributed by atoms with Gasteiger partial charge in [-0.2, -0.15) is 0 Å². The van der Waals surface area contributed by atoms with Crippen LogP contribution >= 0.6 is 35.6 Å². The van der Waals surface area contributed by atoms with E-state index < -0.39 is 0 Å². The Kier molecular flexibility index (Phi) is 11.1. The van der Waals surface area contributed by atoms with Crippen LogP contribution in [0.1, 0.15) is 12.0 Å². The van der Waals surface area contributed by atoms with E-state index in [0.29, 0.717) is 18.9 Å². The summed E-state index contributed by atoms with van der Waals surface area (Å²) in [6.07, 6.45) is 1.16. The summed E-state index contributed by atoms with van der Waals surface area (Å²) in [5, 5.41) is 6.96. The zero-order chi connectivity index (χ0) is 14.8. The maximum Gasteiger partial charge on any atom is 0.307 e. The van der Waals surface area contributed by atoms with Gasteiger partial charge in [-0.15, -0.1) is 24.0 Å². The normalized spacial score (nSPS) is 10.5. The van der Waals surface area contributed by atoms with Crippen molar-refractivity contribution in [2.45, 2.75) is 12.8 Å². The predicted octanol–water partition coefficient (Wildman–Crippen LogP) is 2.23. The van der Waals surface area contributed by atoms with Crippen LogP contribution in [0.2, 0.25) is 5.02 Å². The molecule has 0 aliphatic carbocycles. The molecule has 0 atom stereocenters. The molecule has 0 aromatic heterocycles. The second kappa shape index (κ2) is 11.6. The van der Waals surface area contributed by atoms with E-state index in [-0.39, 0.29) is 29.9 Å². The molecule has 7 heteroatoms. The number of aliphatic imine (C=N–C) groups is 1. The van der Waals surface area contributed by atoms with Crippen LogP contribution < -0.4 is 10.6 Å². The third-order valence-corrected chi connectivity index (χ3v) is 2.90. The van der Waals surface area contributed by atoms with Gasteiger partial charge < -0.3 is 15.4 Å². The second-order valence-corrected chi connectivity index (χ2v) is 4.57. The first-order valence-electron chi connectivity index (χ1n) is 6.41. The lowest BCUT2D eigenvalue weighted by atomic mass is 10.1. The number of carbonyl (C=O) groups is 1. The number of nitrogens with one attached hydrogen (secondary N) is 2. The van der Waals surface area contributed by atoms with Crippen LogP contribution in [-0.2, 0) is 16.0 Å². The smallest absolute Gasteiger partial charge is 0.307 e. The number of esters is 1. The summed E-state index contributed by atoms with van der Waals surface area (Å²) < 4.78 is 4.56.